The summed E-state index contributed by atoms with van der Waals surface area (Å²) < 4.78 is 1.76. The van der Waals surface area contributed by atoms with Gasteiger partial charge in [-0.1, -0.05) is 12.8 Å². The van der Waals surface area contributed by atoms with Crippen molar-refractivity contribution in [2.75, 3.05) is 0 Å². The van der Waals surface area contributed by atoms with Gasteiger partial charge in [-0.05, 0) is 37.2 Å². The molecule has 1 saturated heterocycles. The second kappa shape index (κ2) is 5.45. The molecule has 1 aliphatic carbocycles. The molecule has 0 radical (unpaired) electrons. The van der Waals surface area contributed by atoms with E-state index in [1.54, 1.807) is 10.9 Å². The summed E-state index contributed by atoms with van der Waals surface area (Å²) in [6, 6.07) is 0.657. The zero-order valence-corrected chi connectivity index (χ0v) is 11.6. The van der Waals surface area contributed by atoms with E-state index in [0.717, 1.165) is 17.9 Å². The number of Topliss-reactive ketones (excluding diaryl/α,β-unsaturated/α-hetero) is 1. The molecule has 1 aromatic heterocycles. The molecule has 3 rings (SSSR count). The van der Waals surface area contributed by atoms with Crippen molar-refractivity contribution in [3.8, 4) is 0 Å². The fourth-order valence-corrected chi connectivity index (χ4v) is 3.64. The summed E-state index contributed by atoms with van der Waals surface area (Å²) in [5.41, 5.74) is 1.03. The number of ketones is 1. The molecule has 104 valence electrons. The lowest BCUT2D eigenvalue weighted by Crippen LogP contribution is -2.52. The van der Waals surface area contributed by atoms with Crippen LogP contribution in [0.5, 0.6) is 0 Å². The minimum atomic E-state index is 0.0690. The lowest BCUT2D eigenvalue weighted by atomic mass is 9.77. The van der Waals surface area contributed by atoms with Gasteiger partial charge in [0.05, 0.1) is 12.2 Å². The van der Waals surface area contributed by atoms with Crippen molar-refractivity contribution < 1.29 is 4.79 Å². The van der Waals surface area contributed by atoms with E-state index in [1.165, 1.54) is 32.1 Å². The van der Waals surface area contributed by atoms with E-state index in [1.807, 2.05) is 13.2 Å². The number of carbonyl (C=O) groups is 1. The fraction of sp³-hybridized carbons (Fsp3) is 0.733. The first-order chi connectivity index (χ1) is 9.22. The van der Waals surface area contributed by atoms with Crippen LogP contribution in [0, 0.1) is 5.92 Å². The maximum atomic E-state index is 12.4. The van der Waals surface area contributed by atoms with Crippen molar-refractivity contribution in [3.63, 3.8) is 0 Å². The summed E-state index contributed by atoms with van der Waals surface area (Å²) in [5.74, 6) is 1.15. The largest absolute Gasteiger partial charge is 0.304 e. The molecule has 1 aromatic rings. The van der Waals surface area contributed by atoms with Crippen molar-refractivity contribution in [1.82, 2.24) is 15.1 Å². The lowest BCUT2D eigenvalue weighted by molar-refractivity contribution is -0.121. The minimum absolute atomic E-state index is 0.0690. The molecule has 4 heteroatoms. The summed E-state index contributed by atoms with van der Waals surface area (Å²) in [7, 11) is 1.89. The number of hydrogen-bond donors (Lipinski definition) is 1. The highest BCUT2D eigenvalue weighted by atomic mass is 16.1. The maximum absolute atomic E-state index is 12.4. The second-order valence-electron chi connectivity index (χ2n) is 6.11. The van der Waals surface area contributed by atoms with Gasteiger partial charge in [0.2, 0.25) is 0 Å². The van der Waals surface area contributed by atoms with Gasteiger partial charge < -0.3 is 5.32 Å². The predicted octanol–water partition coefficient (Wildman–Crippen LogP) is 1.84. The summed E-state index contributed by atoms with van der Waals surface area (Å²) in [5, 5.41) is 7.73. The van der Waals surface area contributed by atoms with E-state index in [0.29, 0.717) is 18.2 Å². The molecule has 1 saturated carbocycles. The Hall–Kier alpha value is -1.16. The molecule has 1 N–H and O–H groups in total. The third-order valence-corrected chi connectivity index (χ3v) is 4.68. The molecular weight excluding hydrogens is 238 g/mol. The average molecular weight is 261 g/mol. The number of fused-ring (bicyclic) bond motifs is 1. The zero-order chi connectivity index (χ0) is 13.2. The first-order valence-electron chi connectivity index (χ1n) is 7.48. The highest BCUT2D eigenvalue weighted by Crippen LogP contribution is 2.32. The van der Waals surface area contributed by atoms with Crippen LogP contribution < -0.4 is 5.32 Å². The van der Waals surface area contributed by atoms with Crippen molar-refractivity contribution in [1.29, 1.82) is 0 Å². The average Bonchev–Trinajstić information content (AvgIpc) is 2.83. The van der Waals surface area contributed by atoms with Crippen LogP contribution in [0.15, 0.2) is 12.4 Å². The number of hydrogen-bond acceptors (Lipinski definition) is 3. The molecule has 4 nitrogen and oxygen atoms in total. The van der Waals surface area contributed by atoms with Gasteiger partial charge in [0.15, 0.2) is 5.78 Å². The molecule has 2 aliphatic rings. The van der Waals surface area contributed by atoms with Crippen LogP contribution in [0.3, 0.4) is 0 Å². The molecule has 19 heavy (non-hydrogen) atoms. The van der Waals surface area contributed by atoms with E-state index >= 15 is 0 Å². The van der Waals surface area contributed by atoms with Crippen LogP contribution in [0.1, 0.15) is 44.1 Å². The smallest absolute Gasteiger partial charge is 0.154 e. The normalized spacial score (nSPS) is 30.9. The molecule has 1 aliphatic heterocycles. The van der Waals surface area contributed by atoms with Crippen molar-refractivity contribution in [2.45, 2.75) is 57.0 Å². The molecule has 2 fully saturated rings. The monoisotopic (exact) mass is 261 g/mol. The lowest BCUT2D eigenvalue weighted by Gasteiger charge is -2.40. The van der Waals surface area contributed by atoms with Gasteiger partial charge in [0.1, 0.15) is 0 Å². The number of aromatic nitrogens is 2. The SMILES string of the molecule is Cn1cc(CC(=O)C2CCC3CCCCC3N2)cn1. The Kier molecular flexibility index (Phi) is 3.69. The molecule has 3 unspecified atom stereocenters. The van der Waals surface area contributed by atoms with E-state index < -0.39 is 0 Å². The summed E-state index contributed by atoms with van der Waals surface area (Å²) in [4.78, 5) is 12.4. The number of carbonyl (C=O) groups excluding carboxylic acids is 1. The summed E-state index contributed by atoms with van der Waals surface area (Å²) >= 11 is 0. The van der Waals surface area contributed by atoms with E-state index in [2.05, 4.69) is 10.4 Å². The van der Waals surface area contributed by atoms with Gasteiger partial charge in [0.25, 0.3) is 0 Å². The van der Waals surface area contributed by atoms with Gasteiger partial charge in [0, 0.05) is 25.7 Å². The summed E-state index contributed by atoms with van der Waals surface area (Å²) in [6.45, 7) is 0. The highest BCUT2D eigenvalue weighted by Gasteiger charge is 2.34. The molecule has 0 amide bonds. The second-order valence-corrected chi connectivity index (χ2v) is 6.11. The molecule has 2 heterocycles. The first kappa shape index (κ1) is 12.9. The Morgan fingerprint density at radius 2 is 2.21 bits per heavy atom. The highest BCUT2D eigenvalue weighted by molar-refractivity contribution is 5.86. The number of aryl methyl sites for hydroxylation is 1. The van der Waals surface area contributed by atoms with Crippen LogP contribution >= 0.6 is 0 Å². The quantitative estimate of drug-likeness (QED) is 0.903. The Labute approximate surface area is 114 Å². The van der Waals surface area contributed by atoms with Crippen LogP contribution in [0.2, 0.25) is 0 Å². The predicted molar refractivity (Wildman–Crippen MR) is 73.8 cm³/mol. The van der Waals surface area contributed by atoms with Crippen LogP contribution in [0.4, 0.5) is 0 Å². The molecule has 0 aromatic carbocycles. The van der Waals surface area contributed by atoms with E-state index in [9.17, 15) is 4.79 Å². The van der Waals surface area contributed by atoms with Gasteiger partial charge in [-0.15, -0.1) is 0 Å². The standard InChI is InChI=1S/C15H23N3O/c1-18-10-11(9-16-18)8-15(19)14-7-6-12-4-2-3-5-13(12)17-14/h9-10,12-14,17H,2-8H2,1H3. The topological polar surface area (TPSA) is 46.9 Å². The van der Waals surface area contributed by atoms with Crippen LogP contribution in [-0.4, -0.2) is 27.6 Å². The molecule has 3 atom stereocenters. The maximum Gasteiger partial charge on any atom is 0.154 e. The number of nitrogens with one attached hydrogen (secondary N) is 1. The zero-order valence-electron chi connectivity index (χ0n) is 11.6. The van der Waals surface area contributed by atoms with Crippen molar-refractivity contribution in [3.05, 3.63) is 18.0 Å². The molecular formula is C15H23N3O. The minimum Gasteiger partial charge on any atom is -0.304 e. The first-order valence-corrected chi connectivity index (χ1v) is 7.48. The van der Waals surface area contributed by atoms with Gasteiger partial charge in [-0.2, -0.15) is 5.10 Å². The Morgan fingerprint density at radius 3 is 3.00 bits per heavy atom. The van der Waals surface area contributed by atoms with E-state index in [-0.39, 0.29) is 6.04 Å². The number of nitrogens with zero attached hydrogens (tertiary/aromatic N) is 2. The van der Waals surface area contributed by atoms with Crippen LogP contribution in [0.25, 0.3) is 0 Å². The fourth-order valence-electron chi connectivity index (χ4n) is 3.64. The van der Waals surface area contributed by atoms with Crippen molar-refractivity contribution in [2.24, 2.45) is 13.0 Å². The van der Waals surface area contributed by atoms with Crippen molar-refractivity contribution >= 4 is 5.78 Å². The van der Waals surface area contributed by atoms with Crippen LogP contribution in [-0.2, 0) is 18.3 Å². The molecule has 0 bridgehead atoms. The number of rotatable bonds is 3. The third-order valence-electron chi connectivity index (χ3n) is 4.68. The van der Waals surface area contributed by atoms with Gasteiger partial charge in [-0.3, -0.25) is 9.48 Å². The third kappa shape index (κ3) is 2.89. The van der Waals surface area contributed by atoms with Gasteiger partial charge >= 0.3 is 0 Å². The Morgan fingerprint density at radius 1 is 1.37 bits per heavy atom. The summed E-state index contributed by atoms with van der Waals surface area (Å²) in [6.07, 6.45) is 11.8. The van der Waals surface area contributed by atoms with Gasteiger partial charge in [-0.25, -0.2) is 0 Å². The Balaban J connectivity index is 1.58. The van der Waals surface area contributed by atoms with E-state index in [4.69, 9.17) is 0 Å². The number of piperidine rings is 1. The molecule has 0 spiro atoms. The Bertz CT molecular complexity index is 454.